The number of allylic oxidation sites excluding steroid dienone is 1. The lowest BCUT2D eigenvalue weighted by molar-refractivity contribution is 0.509. The van der Waals surface area contributed by atoms with Crippen molar-refractivity contribution in [1.82, 2.24) is 4.98 Å². The van der Waals surface area contributed by atoms with E-state index in [1.54, 1.807) is 0 Å². The van der Waals surface area contributed by atoms with Crippen molar-refractivity contribution in [1.29, 1.82) is 0 Å². The first-order valence-corrected chi connectivity index (χ1v) is 10.7. The average Bonchev–Trinajstić information content (AvgIpc) is 2.64. The van der Waals surface area contributed by atoms with Gasteiger partial charge in [0.15, 0.2) is 0 Å². The molecule has 0 aliphatic heterocycles. The van der Waals surface area contributed by atoms with Crippen LogP contribution in [0.2, 0.25) is 13.1 Å². The van der Waals surface area contributed by atoms with Gasteiger partial charge in [0.1, 0.15) is 8.24 Å². The Balaban J connectivity index is 2.28. The molecule has 0 aromatic carbocycles. The van der Waals surface area contributed by atoms with Gasteiger partial charge >= 0.3 is 0 Å². The quantitative estimate of drug-likeness (QED) is 0.772. The third kappa shape index (κ3) is 2.75. The summed E-state index contributed by atoms with van der Waals surface area (Å²) < 4.78 is 1.25. The van der Waals surface area contributed by atoms with Crippen molar-refractivity contribution in [2.75, 3.05) is 0 Å². The van der Waals surface area contributed by atoms with Gasteiger partial charge in [0, 0.05) is 31.4 Å². The highest BCUT2D eigenvalue weighted by atomic mass is 79.9. The maximum absolute atomic E-state index is 3.87. The van der Waals surface area contributed by atoms with Crippen molar-refractivity contribution in [3.8, 4) is 0 Å². The Morgan fingerprint density at radius 2 is 2.00 bits per heavy atom. The molecule has 94 valence electrons. The molecular formula is C13H20BrNSSi. The second kappa shape index (κ2) is 4.33. The zero-order chi connectivity index (χ0) is 12.8. The maximum Gasteiger partial charge on any atom is 0.132 e. The van der Waals surface area contributed by atoms with Crippen molar-refractivity contribution in [2.45, 2.75) is 44.9 Å². The summed E-state index contributed by atoms with van der Waals surface area (Å²) in [6, 6.07) is 0. The number of thiophene rings is 1. The number of rotatable bonds is 2. The third-order valence-corrected chi connectivity index (χ3v) is 8.70. The first-order chi connectivity index (χ1) is 7.71. The molecule has 0 spiro atoms. The molecule has 4 heteroatoms. The largest absolute Gasteiger partial charge is 0.332 e. The predicted molar refractivity (Wildman–Crippen MR) is 84.2 cm³/mol. The molecule has 1 nitrogen and oxygen atoms in total. The molecule has 1 aromatic rings. The summed E-state index contributed by atoms with van der Waals surface area (Å²) in [6.07, 6.45) is 4.66. The van der Waals surface area contributed by atoms with Crippen molar-refractivity contribution < 1.29 is 0 Å². The molecule has 0 amide bonds. The van der Waals surface area contributed by atoms with Crippen LogP contribution in [0.15, 0.2) is 15.9 Å². The van der Waals surface area contributed by atoms with Crippen LogP contribution in [-0.2, 0) is 0 Å². The topological polar surface area (TPSA) is 12.0 Å². The molecule has 2 rings (SSSR count). The van der Waals surface area contributed by atoms with Gasteiger partial charge in [-0.1, -0.05) is 25.2 Å². The standard InChI is InChI=1S/C13H20BrNSSi/c1-13(2,3)15-17(4,5)11-7-6-9-10(14)8-16-12(9)11/h6-8,11,15H,1-5H3. The molecular weight excluding hydrogens is 310 g/mol. The summed E-state index contributed by atoms with van der Waals surface area (Å²) in [5.41, 5.74) is 2.20. The second-order valence-corrected chi connectivity index (χ2v) is 12.4. The zero-order valence-corrected chi connectivity index (χ0v) is 14.5. The molecule has 1 aliphatic carbocycles. The number of nitrogens with one attached hydrogen (secondary N) is 1. The normalized spacial score (nSPS) is 19.8. The second-order valence-electron chi connectivity index (χ2n) is 6.30. The highest BCUT2D eigenvalue weighted by Gasteiger charge is 2.38. The van der Waals surface area contributed by atoms with E-state index in [4.69, 9.17) is 0 Å². The van der Waals surface area contributed by atoms with Crippen LogP contribution < -0.4 is 4.98 Å². The van der Waals surface area contributed by atoms with E-state index in [1.807, 2.05) is 11.3 Å². The first kappa shape index (κ1) is 13.5. The summed E-state index contributed by atoms with van der Waals surface area (Å²) in [5, 5.41) is 2.21. The van der Waals surface area contributed by atoms with Crippen LogP contribution in [0.1, 0.15) is 36.8 Å². The first-order valence-electron chi connectivity index (χ1n) is 5.95. The molecule has 1 aliphatic rings. The Morgan fingerprint density at radius 1 is 1.35 bits per heavy atom. The van der Waals surface area contributed by atoms with Crippen LogP contribution in [-0.4, -0.2) is 13.8 Å². The average molecular weight is 330 g/mol. The van der Waals surface area contributed by atoms with Gasteiger partial charge in [-0.3, -0.25) is 0 Å². The number of hydrogen-bond acceptors (Lipinski definition) is 2. The van der Waals surface area contributed by atoms with Crippen LogP contribution >= 0.6 is 27.3 Å². The molecule has 0 saturated carbocycles. The third-order valence-electron chi connectivity index (χ3n) is 3.02. The van der Waals surface area contributed by atoms with E-state index >= 15 is 0 Å². The molecule has 1 aromatic heterocycles. The van der Waals surface area contributed by atoms with E-state index in [-0.39, 0.29) is 5.54 Å². The molecule has 0 saturated heterocycles. The summed E-state index contributed by atoms with van der Waals surface area (Å²) in [7, 11) is -1.49. The van der Waals surface area contributed by atoms with E-state index in [1.165, 1.54) is 14.9 Å². The summed E-state index contributed by atoms with van der Waals surface area (Å²) in [6.45, 7) is 11.6. The summed E-state index contributed by atoms with van der Waals surface area (Å²) in [4.78, 5) is 5.40. The van der Waals surface area contributed by atoms with Gasteiger partial charge in [0.05, 0.1) is 0 Å². The highest BCUT2D eigenvalue weighted by molar-refractivity contribution is 9.10. The van der Waals surface area contributed by atoms with Crippen molar-refractivity contribution >= 4 is 41.6 Å². The van der Waals surface area contributed by atoms with E-state index in [0.717, 1.165) is 0 Å². The molecule has 1 atom stereocenters. The minimum atomic E-state index is -1.49. The fourth-order valence-electron chi connectivity index (χ4n) is 2.65. The molecule has 1 unspecified atom stereocenters. The molecule has 0 fully saturated rings. The van der Waals surface area contributed by atoms with Crippen LogP contribution in [0.5, 0.6) is 0 Å². The minimum absolute atomic E-state index is 0.195. The van der Waals surface area contributed by atoms with Gasteiger partial charge in [-0.15, -0.1) is 11.3 Å². The van der Waals surface area contributed by atoms with E-state index in [9.17, 15) is 0 Å². The van der Waals surface area contributed by atoms with E-state index in [2.05, 4.69) is 72.3 Å². The molecule has 1 N–H and O–H groups in total. The Labute approximate surface area is 118 Å². The maximum atomic E-state index is 3.87. The summed E-state index contributed by atoms with van der Waals surface area (Å²) >= 11 is 5.51. The van der Waals surface area contributed by atoms with Crippen LogP contribution in [0, 0.1) is 0 Å². The molecule has 0 radical (unpaired) electrons. The predicted octanol–water partition coefficient (Wildman–Crippen LogP) is 4.75. The van der Waals surface area contributed by atoms with Crippen LogP contribution in [0.4, 0.5) is 0 Å². The number of hydrogen-bond donors (Lipinski definition) is 1. The van der Waals surface area contributed by atoms with Gasteiger partial charge < -0.3 is 4.98 Å². The summed E-state index contributed by atoms with van der Waals surface area (Å²) in [5.74, 6) is 0. The Kier molecular flexibility index (Phi) is 3.45. The van der Waals surface area contributed by atoms with Gasteiger partial charge in [-0.05, 0) is 36.7 Å². The molecule has 17 heavy (non-hydrogen) atoms. The lowest BCUT2D eigenvalue weighted by atomic mass is 10.1. The lowest BCUT2D eigenvalue weighted by Crippen LogP contribution is -2.57. The fourth-order valence-corrected chi connectivity index (χ4v) is 8.86. The highest BCUT2D eigenvalue weighted by Crippen LogP contribution is 2.43. The van der Waals surface area contributed by atoms with Crippen LogP contribution in [0.3, 0.4) is 0 Å². The van der Waals surface area contributed by atoms with E-state index in [0.29, 0.717) is 5.54 Å². The lowest BCUT2D eigenvalue weighted by Gasteiger charge is -2.37. The smallest absolute Gasteiger partial charge is 0.132 e. The van der Waals surface area contributed by atoms with Crippen molar-refractivity contribution in [3.05, 3.63) is 26.4 Å². The Morgan fingerprint density at radius 3 is 2.59 bits per heavy atom. The van der Waals surface area contributed by atoms with Gasteiger partial charge in [0.2, 0.25) is 0 Å². The molecule has 1 heterocycles. The van der Waals surface area contributed by atoms with Gasteiger partial charge in [-0.2, -0.15) is 0 Å². The molecule has 0 bridgehead atoms. The fraction of sp³-hybridized carbons (Fsp3) is 0.538. The van der Waals surface area contributed by atoms with Gasteiger partial charge in [0.25, 0.3) is 0 Å². The van der Waals surface area contributed by atoms with Gasteiger partial charge in [-0.25, -0.2) is 0 Å². The number of fused-ring (bicyclic) bond motifs is 1. The Bertz CT molecular complexity index is 456. The van der Waals surface area contributed by atoms with Crippen LogP contribution in [0.25, 0.3) is 6.08 Å². The van der Waals surface area contributed by atoms with E-state index < -0.39 is 8.24 Å². The van der Waals surface area contributed by atoms with Crippen molar-refractivity contribution in [3.63, 3.8) is 0 Å². The SMILES string of the molecule is CC(C)(C)N[Si](C)(C)C1C=Cc2c(Br)csc21. The number of halogens is 1. The minimum Gasteiger partial charge on any atom is -0.332 e. The van der Waals surface area contributed by atoms with Crippen molar-refractivity contribution in [2.24, 2.45) is 0 Å². The monoisotopic (exact) mass is 329 g/mol. The zero-order valence-electron chi connectivity index (χ0n) is 11.1. The Hall–Kier alpha value is 0.0969.